The highest BCUT2D eigenvalue weighted by atomic mass is 35.5. The molecule has 0 aromatic heterocycles. The van der Waals surface area contributed by atoms with Gasteiger partial charge in [-0.1, -0.05) is 12.1 Å². The number of nitrogens with zero attached hydrogens (tertiary/aromatic N) is 2. The van der Waals surface area contributed by atoms with Crippen LogP contribution < -0.4 is 5.73 Å². The van der Waals surface area contributed by atoms with E-state index in [0.717, 1.165) is 19.3 Å². The average molecular weight is 356 g/mol. The average Bonchev–Trinajstić information content (AvgIpc) is 3.30. The molecule has 0 atom stereocenters. The van der Waals surface area contributed by atoms with Gasteiger partial charge in [0.05, 0.1) is 12.0 Å². The van der Waals surface area contributed by atoms with Crippen molar-refractivity contribution in [3.05, 3.63) is 35.6 Å². The molecule has 0 radical (unpaired) electrons. The second-order valence-electron chi connectivity index (χ2n) is 6.49. The van der Waals surface area contributed by atoms with Crippen molar-refractivity contribution in [1.29, 1.82) is 0 Å². The van der Waals surface area contributed by atoms with Crippen molar-refractivity contribution in [2.24, 2.45) is 5.73 Å². The van der Waals surface area contributed by atoms with Crippen molar-refractivity contribution in [2.45, 2.75) is 31.2 Å². The molecule has 7 heteroatoms. The van der Waals surface area contributed by atoms with Gasteiger partial charge in [-0.2, -0.15) is 0 Å². The maximum absolute atomic E-state index is 13.2. The van der Waals surface area contributed by atoms with Crippen LogP contribution in [0.15, 0.2) is 24.3 Å². The van der Waals surface area contributed by atoms with Crippen LogP contribution in [0.4, 0.5) is 4.39 Å². The van der Waals surface area contributed by atoms with Crippen LogP contribution in [-0.4, -0.2) is 53.3 Å². The number of hydrogen-bond donors (Lipinski definition) is 1. The Morgan fingerprint density at radius 2 is 1.79 bits per heavy atom. The first-order valence-electron chi connectivity index (χ1n) is 8.08. The molecule has 1 aromatic rings. The van der Waals surface area contributed by atoms with Gasteiger partial charge in [0.2, 0.25) is 11.8 Å². The Morgan fingerprint density at radius 1 is 1.12 bits per heavy atom. The second kappa shape index (κ2) is 7.49. The van der Waals surface area contributed by atoms with E-state index < -0.39 is 5.54 Å². The molecular weight excluding hydrogens is 333 g/mol. The summed E-state index contributed by atoms with van der Waals surface area (Å²) in [6, 6.07) is 6.11. The lowest BCUT2D eigenvalue weighted by molar-refractivity contribution is -0.134. The minimum Gasteiger partial charge on any atom is -0.341 e. The van der Waals surface area contributed by atoms with Crippen LogP contribution in [0, 0.1) is 5.82 Å². The fourth-order valence-corrected chi connectivity index (χ4v) is 2.97. The van der Waals surface area contributed by atoms with Gasteiger partial charge in [-0.25, -0.2) is 4.39 Å². The summed E-state index contributed by atoms with van der Waals surface area (Å²) in [5.74, 6) is -0.351. The van der Waals surface area contributed by atoms with E-state index in [4.69, 9.17) is 5.73 Å². The number of benzene rings is 1. The van der Waals surface area contributed by atoms with Crippen molar-refractivity contribution in [3.8, 4) is 0 Å². The van der Waals surface area contributed by atoms with Crippen LogP contribution >= 0.6 is 12.4 Å². The van der Waals surface area contributed by atoms with Gasteiger partial charge in [0.15, 0.2) is 0 Å². The fourth-order valence-electron chi connectivity index (χ4n) is 2.97. The van der Waals surface area contributed by atoms with E-state index in [0.29, 0.717) is 31.7 Å². The number of carbonyl (C=O) groups is 2. The maximum Gasteiger partial charge on any atom is 0.242 e. The van der Waals surface area contributed by atoms with Crippen LogP contribution in [0.25, 0.3) is 0 Å². The second-order valence-corrected chi connectivity index (χ2v) is 6.49. The first kappa shape index (κ1) is 18.7. The van der Waals surface area contributed by atoms with Crippen molar-refractivity contribution in [3.63, 3.8) is 0 Å². The van der Waals surface area contributed by atoms with Crippen molar-refractivity contribution in [1.82, 2.24) is 9.80 Å². The quantitative estimate of drug-likeness (QED) is 0.889. The third-order valence-electron chi connectivity index (χ3n) is 4.59. The summed E-state index contributed by atoms with van der Waals surface area (Å²) in [5, 5.41) is 0. The smallest absolute Gasteiger partial charge is 0.242 e. The van der Waals surface area contributed by atoms with Gasteiger partial charge >= 0.3 is 0 Å². The lowest BCUT2D eigenvalue weighted by atomic mass is 10.1. The highest BCUT2D eigenvalue weighted by Crippen LogP contribution is 2.34. The van der Waals surface area contributed by atoms with Gasteiger partial charge in [-0.3, -0.25) is 9.59 Å². The zero-order valence-corrected chi connectivity index (χ0v) is 14.4. The number of nitrogens with two attached hydrogens (primary N) is 1. The first-order valence-corrected chi connectivity index (χ1v) is 8.08. The van der Waals surface area contributed by atoms with Gasteiger partial charge in [0, 0.05) is 26.2 Å². The monoisotopic (exact) mass is 355 g/mol. The van der Waals surface area contributed by atoms with E-state index in [2.05, 4.69) is 0 Å². The molecule has 1 heterocycles. The number of hydrogen-bond acceptors (Lipinski definition) is 3. The maximum atomic E-state index is 13.2. The normalized spacial score (nSPS) is 19.2. The van der Waals surface area contributed by atoms with Gasteiger partial charge in [0.1, 0.15) is 5.82 Å². The molecule has 2 N–H and O–H groups in total. The Labute approximate surface area is 147 Å². The number of halogens is 2. The summed E-state index contributed by atoms with van der Waals surface area (Å²) >= 11 is 0. The van der Waals surface area contributed by atoms with Crippen LogP contribution in [0.3, 0.4) is 0 Å². The minimum atomic E-state index is -0.652. The molecule has 1 aliphatic carbocycles. The van der Waals surface area contributed by atoms with Crippen molar-refractivity contribution in [2.75, 3.05) is 26.2 Å². The molecule has 2 aliphatic rings. The molecule has 2 fully saturated rings. The van der Waals surface area contributed by atoms with E-state index in [1.54, 1.807) is 21.9 Å². The summed E-state index contributed by atoms with van der Waals surface area (Å²) in [5.41, 5.74) is 6.00. The molecule has 1 saturated carbocycles. The van der Waals surface area contributed by atoms with E-state index >= 15 is 0 Å². The van der Waals surface area contributed by atoms with Crippen LogP contribution in [0.1, 0.15) is 24.8 Å². The minimum absolute atomic E-state index is 0. The Morgan fingerprint density at radius 3 is 2.46 bits per heavy atom. The Kier molecular flexibility index (Phi) is 5.83. The van der Waals surface area contributed by atoms with Gasteiger partial charge in [-0.05, 0) is 37.0 Å². The topological polar surface area (TPSA) is 66.6 Å². The molecule has 0 bridgehead atoms. The van der Waals surface area contributed by atoms with Gasteiger partial charge in [-0.15, -0.1) is 12.4 Å². The molecule has 24 heavy (non-hydrogen) atoms. The van der Waals surface area contributed by atoms with Crippen LogP contribution in [0.5, 0.6) is 0 Å². The van der Waals surface area contributed by atoms with Crippen LogP contribution in [0.2, 0.25) is 0 Å². The Bertz CT molecular complexity index is 622. The number of carbonyl (C=O) groups excluding carboxylic acids is 2. The lowest BCUT2D eigenvalue weighted by Gasteiger charge is -2.24. The lowest BCUT2D eigenvalue weighted by Crippen LogP contribution is -2.47. The molecule has 5 nitrogen and oxygen atoms in total. The highest BCUT2D eigenvalue weighted by molar-refractivity contribution is 5.89. The molecule has 2 amide bonds. The summed E-state index contributed by atoms with van der Waals surface area (Å²) in [7, 11) is 0. The summed E-state index contributed by atoms with van der Waals surface area (Å²) in [4.78, 5) is 28.2. The largest absolute Gasteiger partial charge is 0.341 e. The highest BCUT2D eigenvalue weighted by Gasteiger charge is 2.48. The predicted molar refractivity (Wildman–Crippen MR) is 91.3 cm³/mol. The van der Waals surface area contributed by atoms with Gasteiger partial charge < -0.3 is 15.5 Å². The first-order chi connectivity index (χ1) is 11.0. The summed E-state index contributed by atoms with van der Waals surface area (Å²) in [6.07, 6.45) is 2.44. The Balaban J connectivity index is 0.00000208. The summed E-state index contributed by atoms with van der Waals surface area (Å²) in [6.45, 7) is 2.29. The molecule has 0 spiro atoms. The molecule has 3 rings (SSSR count). The van der Waals surface area contributed by atoms with E-state index in [-0.39, 0.29) is 36.5 Å². The SMILES string of the molecule is Cl.NC1(C(=O)N2CCCN(C(=O)Cc3cccc(F)c3)CC2)CC1. The number of rotatable bonds is 3. The molecule has 1 aromatic carbocycles. The number of amides is 2. The van der Waals surface area contributed by atoms with Crippen molar-refractivity contribution < 1.29 is 14.0 Å². The van der Waals surface area contributed by atoms with E-state index in [1.807, 2.05) is 0 Å². The molecule has 132 valence electrons. The Hall–Kier alpha value is -1.66. The molecule has 1 saturated heterocycles. The molecule has 1 aliphatic heterocycles. The van der Waals surface area contributed by atoms with E-state index in [1.165, 1.54) is 12.1 Å². The third-order valence-corrected chi connectivity index (χ3v) is 4.59. The zero-order valence-electron chi connectivity index (χ0n) is 13.5. The molecule has 0 unspecified atom stereocenters. The van der Waals surface area contributed by atoms with Crippen molar-refractivity contribution >= 4 is 24.2 Å². The third kappa shape index (κ3) is 4.24. The van der Waals surface area contributed by atoms with Crippen LogP contribution in [-0.2, 0) is 16.0 Å². The predicted octanol–water partition coefficient (Wildman–Crippen LogP) is 1.34. The standard InChI is InChI=1S/C17H22FN3O2.ClH/c18-14-4-1-3-13(11-14)12-15(22)20-7-2-8-21(10-9-20)16(23)17(19)5-6-17;/h1,3-4,11H,2,5-10,12,19H2;1H. The summed E-state index contributed by atoms with van der Waals surface area (Å²) < 4.78 is 13.2. The fraction of sp³-hybridized carbons (Fsp3) is 0.529. The van der Waals surface area contributed by atoms with Gasteiger partial charge in [0.25, 0.3) is 0 Å². The zero-order chi connectivity index (χ0) is 16.4. The van der Waals surface area contributed by atoms with E-state index in [9.17, 15) is 14.0 Å². The molecular formula is C17H23ClFN3O2.